The zero-order valence-corrected chi connectivity index (χ0v) is 13.5. The molecule has 1 aliphatic carbocycles. The number of nitrogens with zero attached hydrogens (tertiary/aromatic N) is 1. The normalized spacial score (nSPS) is 34.8. The van der Waals surface area contributed by atoms with E-state index in [2.05, 4.69) is 31.0 Å². The summed E-state index contributed by atoms with van der Waals surface area (Å²) in [5, 5.41) is 3.53. The first kappa shape index (κ1) is 15.8. The molecule has 0 bridgehead atoms. The van der Waals surface area contributed by atoms with Crippen molar-refractivity contribution in [3.8, 4) is 0 Å². The van der Waals surface area contributed by atoms with Crippen molar-refractivity contribution in [3.63, 3.8) is 0 Å². The van der Waals surface area contributed by atoms with E-state index in [1.165, 1.54) is 32.1 Å². The molecule has 0 aromatic heterocycles. The van der Waals surface area contributed by atoms with Crippen molar-refractivity contribution >= 4 is 5.91 Å². The van der Waals surface area contributed by atoms with Gasteiger partial charge in [-0.1, -0.05) is 46.5 Å². The first-order valence-electron chi connectivity index (χ1n) is 8.76. The third-order valence-corrected chi connectivity index (χ3v) is 5.32. The van der Waals surface area contributed by atoms with Gasteiger partial charge in [0.1, 0.15) is 0 Å². The minimum atomic E-state index is 0.0681. The fraction of sp³-hybridized carbons (Fsp3) is 0.941. The lowest BCUT2D eigenvalue weighted by Crippen LogP contribution is -2.41. The van der Waals surface area contributed by atoms with Gasteiger partial charge in [0.25, 0.3) is 0 Å². The van der Waals surface area contributed by atoms with E-state index in [-0.39, 0.29) is 6.04 Å². The highest BCUT2D eigenvalue weighted by Crippen LogP contribution is 2.32. The standard InChI is InChI=1S/C17H32N2O/c1-4-7-16-18-15(6-3)17(20)19(16)12-14-10-8-13(5-2)9-11-14/h13-16,18H,4-12H2,1-3H3. The summed E-state index contributed by atoms with van der Waals surface area (Å²) in [6.07, 6.45) is 10.1. The summed E-state index contributed by atoms with van der Waals surface area (Å²) >= 11 is 0. The Morgan fingerprint density at radius 3 is 2.25 bits per heavy atom. The third kappa shape index (κ3) is 3.55. The van der Waals surface area contributed by atoms with E-state index in [1.807, 2.05) is 0 Å². The topological polar surface area (TPSA) is 32.3 Å². The summed E-state index contributed by atoms with van der Waals surface area (Å²) < 4.78 is 0. The molecule has 2 atom stereocenters. The summed E-state index contributed by atoms with van der Waals surface area (Å²) in [4.78, 5) is 14.6. The Bertz CT molecular complexity index is 310. The molecule has 1 aliphatic heterocycles. The average Bonchev–Trinajstić information content (AvgIpc) is 2.77. The second kappa shape index (κ2) is 7.44. The van der Waals surface area contributed by atoms with E-state index in [0.717, 1.165) is 37.6 Å². The first-order valence-corrected chi connectivity index (χ1v) is 8.76. The molecule has 2 rings (SSSR count). The number of hydrogen-bond acceptors (Lipinski definition) is 2. The fourth-order valence-corrected chi connectivity index (χ4v) is 3.87. The number of rotatable bonds is 6. The molecule has 2 fully saturated rings. The van der Waals surface area contributed by atoms with Gasteiger partial charge in [-0.25, -0.2) is 0 Å². The van der Waals surface area contributed by atoms with Gasteiger partial charge in [0.15, 0.2) is 0 Å². The van der Waals surface area contributed by atoms with Crippen molar-refractivity contribution < 1.29 is 4.79 Å². The first-order chi connectivity index (χ1) is 9.69. The number of hydrogen-bond donors (Lipinski definition) is 1. The summed E-state index contributed by atoms with van der Waals surface area (Å²) in [5.74, 6) is 2.02. The minimum Gasteiger partial charge on any atom is -0.326 e. The predicted octanol–water partition coefficient (Wildman–Crippen LogP) is 3.54. The van der Waals surface area contributed by atoms with Crippen LogP contribution in [-0.2, 0) is 4.79 Å². The average molecular weight is 280 g/mol. The van der Waals surface area contributed by atoms with Crippen LogP contribution in [-0.4, -0.2) is 29.6 Å². The molecule has 3 nitrogen and oxygen atoms in total. The van der Waals surface area contributed by atoms with Crippen LogP contribution in [0.25, 0.3) is 0 Å². The van der Waals surface area contributed by atoms with Gasteiger partial charge in [-0.2, -0.15) is 0 Å². The van der Waals surface area contributed by atoms with Crippen LogP contribution < -0.4 is 5.32 Å². The molecule has 1 heterocycles. The number of carbonyl (C=O) groups is 1. The molecule has 0 spiro atoms. The molecule has 2 aliphatic rings. The molecule has 1 amide bonds. The Balaban J connectivity index is 1.90. The Labute approximate surface area is 124 Å². The van der Waals surface area contributed by atoms with Crippen molar-refractivity contribution in [3.05, 3.63) is 0 Å². The van der Waals surface area contributed by atoms with Crippen molar-refractivity contribution in [2.45, 2.75) is 84.3 Å². The van der Waals surface area contributed by atoms with Gasteiger partial charge >= 0.3 is 0 Å². The lowest BCUT2D eigenvalue weighted by molar-refractivity contribution is -0.131. The monoisotopic (exact) mass is 280 g/mol. The second-order valence-corrected chi connectivity index (χ2v) is 6.72. The molecule has 0 aromatic carbocycles. The van der Waals surface area contributed by atoms with Crippen LogP contribution in [0.2, 0.25) is 0 Å². The van der Waals surface area contributed by atoms with Gasteiger partial charge in [0, 0.05) is 6.54 Å². The predicted molar refractivity (Wildman–Crippen MR) is 83.4 cm³/mol. The summed E-state index contributed by atoms with van der Waals surface area (Å²) in [6.45, 7) is 7.61. The minimum absolute atomic E-state index is 0.0681. The molecule has 0 radical (unpaired) electrons. The van der Waals surface area contributed by atoms with Gasteiger partial charge in [-0.05, 0) is 37.5 Å². The van der Waals surface area contributed by atoms with Crippen molar-refractivity contribution in [1.82, 2.24) is 10.2 Å². The zero-order valence-electron chi connectivity index (χ0n) is 13.5. The molecule has 3 heteroatoms. The van der Waals surface area contributed by atoms with Crippen LogP contribution in [0.3, 0.4) is 0 Å². The molecule has 116 valence electrons. The van der Waals surface area contributed by atoms with E-state index in [9.17, 15) is 4.79 Å². The summed E-state index contributed by atoms with van der Waals surface area (Å²) in [6, 6.07) is 0.0681. The van der Waals surface area contributed by atoms with Crippen molar-refractivity contribution in [2.24, 2.45) is 11.8 Å². The van der Waals surface area contributed by atoms with E-state index in [0.29, 0.717) is 12.1 Å². The SMILES string of the molecule is CCCC1NC(CC)C(=O)N1CC1CCC(CC)CC1. The molecule has 20 heavy (non-hydrogen) atoms. The Morgan fingerprint density at radius 2 is 1.70 bits per heavy atom. The Kier molecular flexibility index (Phi) is 5.88. The number of amides is 1. The summed E-state index contributed by atoms with van der Waals surface area (Å²) in [7, 11) is 0. The highest BCUT2D eigenvalue weighted by Gasteiger charge is 2.38. The maximum Gasteiger partial charge on any atom is 0.241 e. The Hall–Kier alpha value is -0.570. The van der Waals surface area contributed by atoms with Gasteiger partial charge in [-0.15, -0.1) is 0 Å². The maximum atomic E-state index is 12.5. The van der Waals surface area contributed by atoms with E-state index in [1.54, 1.807) is 0 Å². The molecular formula is C17H32N2O. The van der Waals surface area contributed by atoms with Gasteiger partial charge in [0.05, 0.1) is 12.2 Å². The summed E-state index contributed by atoms with van der Waals surface area (Å²) in [5.41, 5.74) is 0. The van der Waals surface area contributed by atoms with Gasteiger partial charge in [-0.3, -0.25) is 10.1 Å². The second-order valence-electron chi connectivity index (χ2n) is 6.72. The van der Waals surface area contributed by atoms with Gasteiger partial charge in [0.2, 0.25) is 5.91 Å². The quantitative estimate of drug-likeness (QED) is 0.807. The highest BCUT2D eigenvalue weighted by molar-refractivity contribution is 5.84. The molecule has 1 N–H and O–H groups in total. The number of carbonyl (C=O) groups excluding carboxylic acids is 1. The molecule has 1 saturated heterocycles. The molecule has 2 unspecified atom stereocenters. The van der Waals surface area contributed by atoms with Crippen LogP contribution in [0.1, 0.15) is 72.1 Å². The zero-order chi connectivity index (χ0) is 14.5. The molecule has 0 aromatic rings. The molecule has 1 saturated carbocycles. The van der Waals surface area contributed by atoms with Crippen LogP contribution >= 0.6 is 0 Å². The Morgan fingerprint density at radius 1 is 1.05 bits per heavy atom. The largest absolute Gasteiger partial charge is 0.326 e. The van der Waals surface area contributed by atoms with E-state index in [4.69, 9.17) is 0 Å². The lowest BCUT2D eigenvalue weighted by atomic mass is 9.80. The highest BCUT2D eigenvalue weighted by atomic mass is 16.2. The van der Waals surface area contributed by atoms with E-state index >= 15 is 0 Å². The van der Waals surface area contributed by atoms with E-state index < -0.39 is 0 Å². The van der Waals surface area contributed by atoms with Crippen LogP contribution in [0, 0.1) is 11.8 Å². The van der Waals surface area contributed by atoms with Crippen LogP contribution in [0.15, 0.2) is 0 Å². The molecular weight excluding hydrogens is 248 g/mol. The van der Waals surface area contributed by atoms with Gasteiger partial charge < -0.3 is 4.90 Å². The van der Waals surface area contributed by atoms with Crippen molar-refractivity contribution in [2.75, 3.05) is 6.54 Å². The van der Waals surface area contributed by atoms with Crippen LogP contribution in [0.5, 0.6) is 0 Å². The maximum absolute atomic E-state index is 12.5. The van der Waals surface area contributed by atoms with Crippen LogP contribution in [0.4, 0.5) is 0 Å². The third-order valence-electron chi connectivity index (χ3n) is 5.32. The number of nitrogens with one attached hydrogen (secondary N) is 1. The fourth-order valence-electron chi connectivity index (χ4n) is 3.87. The van der Waals surface area contributed by atoms with Crippen molar-refractivity contribution in [1.29, 1.82) is 0 Å². The lowest BCUT2D eigenvalue weighted by Gasteiger charge is -2.33. The smallest absolute Gasteiger partial charge is 0.241 e.